The van der Waals surface area contributed by atoms with Gasteiger partial charge in [0.25, 0.3) is 0 Å². The van der Waals surface area contributed by atoms with Crippen molar-refractivity contribution in [1.82, 2.24) is 19.9 Å². The molecule has 1 atom stereocenters. The van der Waals surface area contributed by atoms with E-state index in [0.29, 0.717) is 38.7 Å². The number of piperazine rings is 1. The summed E-state index contributed by atoms with van der Waals surface area (Å²) in [4.78, 5) is 30.3. The van der Waals surface area contributed by atoms with Crippen LogP contribution in [-0.4, -0.2) is 58.7 Å². The minimum atomic E-state index is -0.458. The summed E-state index contributed by atoms with van der Waals surface area (Å²) in [6.45, 7) is 2.82. The van der Waals surface area contributed by atoms with Crippen molar-refractivity contribution in [1.29, 1.82) is 0 Å². The molecule has 26 heavy (non-hydrogen) atoms. The van der Waals surface area contributed by atoms with Crippen molar-refractivity contribution in [2.45, 2.75) is 12.5 Å². The molecule has 2 amide bonds. The molecule has 2 aliphatic rings. The van der Waals surface area contributed by atoms with Gasteiger partial charge in [-0.05, 0) is 5.56 Å². The van der Waals surface area contributed by atoms with Gasteiger partial charge in [-0.2, -0.15) is 5.06 Å². The van der Waals surface area contributed by atoms with Crippen LogP contribution in [0.15, 0.2) is 42.7 Å². The van der Waals surface area contributed by atoms with E-state index in [1.807, 2.05) is 35.2 Å². The van der Waals surface area contributed by atoms with Crippen LogP contribution in [0.3, 0.4) is 0 Å². The lowest BCUT2D eigenvalue weighted by atomic mass is 10.1. The summed E-state index contributed by atoms with van der Waals surface area (Å²) in [5.74, 6) is 0.0267. The Balaban J connectivity index is 1.39. The monoisotopic (exact) mass is 357 g/mol. The van der Waals surface area contributed by atoms with Crippen molar-refractivity contribution in [3.63, 3.8) is 0 Å². The molecule has 136 valence electrons. The first-order valence-corrected chi connectivity index (χ1v) is 8.71. The summed E-state index contributed by atoms with van der Waals surface area (Å²) in [5, 5.41) is 1.50. The van der Waals surface area contributed by atoms with Gasteiger partial charge < -0.3 is 9.80 Å². The number of urea groups is 1. The van der Waals surface area contributed by atoms with E-state index < -0.39 is 5.82 Å². The van der Waals surface area contributed by atoms with Gasteiger partial charge in [0, 0.05) is 32.6 Å². The van der Waals surface area contributed by atoms with Gasteiger partial charge in [0.15, 0.2) is 5.82 Å². The summed E-state index contributed by atoms with van der Waals surface area (Å²) >= 11 is 0. The van der Waals surface area contributed by atoms with Gasteiger partial charge in [-0.3, -0.25) is 4.84 Å². The maximum absolute atomic E-state index is 13.0. The number of hydrogen-bond acceptors (Lipinski definition) is 5. The molecule has 1 aromatic carbocycles. The zero-order valence-electron chi connectivity index (χ0n) is 14.3. The van der Waals surface area contributed by atoms with Crippen LogP contribution in [0.2, 0.25) is 0 Å². The number of amides is 2. The minimum absolute atomic E-state index is 0.0536. The maximum atomic E-state index is 13.0. The Morgan fingerprint density at radius 1 is 1.08 bits per heavy atom. The van der Waals surface area contributed by atoms with Crippen LogP contribution in [0.25, 0.3) is 0 Å². The predicted molar refractivity (Wildman–Crippen MR) is 92.8 cm³/mol. The molecule has 2 fully saturated rings. The maximum Gasteiger partial charge on any atom is 0.344 e. The molecule has 4 rings (SSSR count). The number of aromatic nitrogens is 2. The second-order valence-electron chi connectivity index (χ2n) is 6.33. The summed E-state index contributed by atoms with van der Waals surface area (Å²) in [6, 6.07) is 9.77. The van der Waals surface area contributed by atoms with Crippen molar-refractivity contribution < 1.29 is 14.0 Å². The number of nitrogens with zero attached hydrogens (tertiary/aromatic N) is 5. The average molecular weight is 357 g/mol. The molecular formula is C18H20FN5O2. The van der Waals surface area contributed by atoms with Crippen LogP contribution < -0.4 is 4.90 Å². The predicted octanol–water partition coefficient (Wildman–Crippen LogP) is 2.24. The second-order valence-corrected chi connectivity index (χ2v) is 6.33. The van der Waals surface area contributed by atoms with Gasteiger partial charge in [0.2, 0.25) is 5.95 Å². The fraction of sp³-hybridized carbons (Fsp3) is 0.389. The van der Waals surface area contributed by atoms with Crippen molar-refractivity contribution in [3.05, 3.63) is 54.1 Å². The average Bonchev–Trinajstić information content (AvgIpc) is 3.19. The van der Waals surface area contributed by atoms with Gasteiger partial charge in [-0.25, -0.2) is 19.2 Å². The van der Waals surface area contributed by atoms with Gasteiger partial charge in [-0.1, -0.05) is 30.3 Å². The molecular weight excluding hydrogens is 337 g/mol. The Bertz CT molecular complexity index is 750. The highest BCUT2D eigenvalue weighted by Crippen LogP contribution is 2.31. The highest BCUT2D eigenvalue weighted by Gasteiger charge is 2.35. The number of benzene rings is 1. The first-order valence-electron chi connectivity index (χ1n) is 8.71. The fourth-order valence-electron chi connectivity index (χ4n) is 3.34. The molecule has 0 radical (unpaired) electrons. The third-order valence-corrected chi connectivity index (χ3v) is 4.72. The molecule has 8 heteroatoms. The van der Waals surface area contributed by atoms with E-state index >= 15 is 0 Å². The second kappa shape index (κ2) is 7.25. The molecule has 0 saturated carbocycles. The van der Waals surface area contributed by atoms with E-state index in [4.69, 9.17) is 4.84 Å². The van der Waals surface area contributed by atoms with E-state index in [-0.39, 0.29) is 12.1 Å². The van der Waals surface area contributed by atoms with Crippen LogP contribution in [0.1, 0.15) is 18.0 Å². The lowest BCUT2D eigenvalue weighted by molar-refractivity contribution is -0.0982. The van der Waals surface area contributed by atoms with Crippen LogP contribution in [0.5, 0.6) is 0 Å². The highest BCUT2D eigenvalue weighted by molar-refractivity contribution is 5.74. The van der Waals surface area contributed by atoms with Gasteiger partial charge in [-0.15, -0.1) is 0 Å². The number of carbonyl (C=O) groups excluding carboxylic acids is 1. The van der Waals surface area contributed by atoms with Gasteiger partial charge >= 0.3 is 6.03 Å². The van der Waals surface area contributed by atoms with Crippen molar-refractivity contribution >= 4 is 12.0 Å². The zero-order chi connectivity index (χ0) is 17.9. The van der Waals surface area contributed by atoms with Crippen LogP contribution in [0.4, 0.5) is 15.1 Å². The van der Waals surface area contributed by atoms with Crippen molar-refractivity contribution in [2.24, 2.45) is 0 Å². The third kappa shape index (κ3) is 3.32. The highest BCUT2D eigenvalue weighted by atomic mass is 19.1. The molecule has 2 saturated heterocycles. The van der Waals surface area contributed by atoms with Gasteiger partial charge in [0.05, 0.1) is 25.0 Å². The van der Waals surface area contributed by atoms with Crippen LogP contribution in [0, 0.1) is 5.82 Å². The number of hydrogen-bond donors (Lipinski definition) is 0. The summed E-state index contributed by atoms with van der Waals surface area (Å²) in [6.07, 6.45) is 3.10. The van der Waals surface area contributed by atoms with Crippen LogP contribution in [-0.2, 0) is 4.84 Å². The van der Waals surface area contributed by atoms with Crippen LogP contribution >= 0.6 is 0 Å². The van der Waals surface area contributed by atoms with Gasteiger partial charge in [0.1, 0.15) is 0 Å². The molecule has 0 spiro atoms. The number of carbonyl (C=O) groups is 1. The van der Waals surface area contributed by atoms with E-state index in [1.54, 1.807) is 4.90 Å². The largest absolute Gasteiger partial charge is 0.344 e. The smallest absolute Gasteiger partial charge is 0.337 e. The molecule has 3 heterocycles. The van der Waals surface area contributed by atoms with E-state index in [2.05, 4.69) is 9.97 Å². The zero-order valence-corrected chi connectivity index (χ0v) is 14.3. The summed E-state index contributed by atoms with van der Waals surface area (Å²) in [5.41, 5.74) is 1.08. The Hall–Kier alpha value is -2.74. The Labute approximate surface area is 151 Å². The molecule has 2 aromatic rings. The fourth-order valence-corrected chi connectivity index (χ4v) is 3.34. The Kier molecular flexibility index (Phi) is 4.66. The number of hydroxylamine groups is 2. The topological polar surface area (TPSA) is 61.8 Å². The number of anilines is 1. The van der Waals surface area contributed by atoms with E-state index in [0.717, 1.165) is 24.4 Å². The first kappa shape index (κ1) is 16.7. The van der Waals surface area contributed by atoms with E-state index in [1.165, 1.54) is 5.06 Å². The number of halogens is 1. The minimum Gasteiger partial charge on any atom is -0.337 e. The molecule has 0 aliphatic carbocycles. The summed E-state index contributed by atoms with van der Waals surface area (Å²) < 4.78 is 13.0. The van der Waals surface area contributed by atoms with E-state index in [9.17, 15) is 9.18 Å². The Morgan fingerprint density at radius 2 is 1.77 bits per heavy atom. The number of rotatable bonds is 2. The molecule has 1 aromatic heterocycles. The lowest BCUT2D eigenvalue weighted by Crippen LogP contribution is -2.52. The van der Waals surface area contributed by atoms with Crippen molar-refractivity contribution in [3.8, 4) is 0 Å². The third-order valence-electron chi connectivity index (χ3n) is 4.72. The Morgan fingerprint density at radius 3 is 2.46 bits per heavy atom. The molecule has 7 nitrogen and oxygen atoms in total. The van der Waals surface area contributed by atoms with Crippen molar-refractivity contribution in [2.75, 3.05) is 37.7 Å². The molecule has 0 bridgehead atoms. The quantitative estimate of drug-likeness (QED) is 0.825. The molecule has 2 aliphatic heterocycles. The normalized spacial score (nSPS) is 20.5. The standard InChI is InChI=1S/C18H20FN5O2/c19-15-12-20-17(21-13-15)22-7-9-23(10-8-22)18(25)24-16(6-11-26-24)14-4-2-1-3-5-14/h1-5,12-13,16H,6-11H2. The summed E-state index contributed by atoms with van der Waals surface area (Å²) in [7, 11) is 0. The SMILES string of the molecule is O=C(N1CCN(c2ncc(F)cn2)CC1)N1OCCC1c1ccccc1. The first-order chi connectivity index (χ1) is 12.7. The molecule has 1 unspecified atom stereocenters. The lowest BCUT2D eigenvalue weighted by Gasteiger charge is -2.37. The molecule has 0 N–H and O–H groups in total.